The minimum Gasteiger partial charge on any atom is -0.337 e. The van der Waals surface area contributed by atoms with Crippen molar-refractivity contribution in [2.75, 3.05) is 4.90 Å². The van der Waals surface area contributed by atoms with E-state index in [-0.39, 0.29) is 0 Å². The van der Waals surface area contributed by atoms with E-state index in [2.05, 4.69) is 170 Å². The van der Waals surface area contributed by atoms with Gasteiger partial charge in [-0.3, -0.25) is 0 Å². The summed E-state index contributed by atoms with van der Waals surface area (Å²) in [6, 6.07) is 49.4. The summed E-state index contributed by atoms with van der Waals surface area (Å²) in [5.74, 6) is 0.901. The average Bonchev–Trinajstić information content (AvgIpc) is 3.27. The van der Waals surface area contributed by atoms with Crippen molar-refractivity contribution in [1.29, 1.82) is 10.5 Å². The van der Waals surface area contributed by atoms with Crippen LogP contribution in [0.5, 0.6) is 0 Å². The highest BCUT2D eigenvalue weighted by molar-refractivity contribution is 6.14. The van der Waals surface area contributed by atoms with Gasteiger partial charge in [-0.2, -0.15) is 10.5 Å². The number of hydrogen-bond donors (Lipinski definition) is 0. The second-order valence-corrected chi connectivity index (χ2v) is 16.6. The molecule has 0 unspecified atom stereocenters. The highest BCUT2D eigenvalue weighted by Crippen LogP contribution is 2.37. The van der Waals surface area contributed by atoms with E-state index in [1.165, 1.54) is 84.1 Å². The summed E-state index contributed by atoms with van der Waals surface area (Å²) in [7, 11) is 0. The molecule has 3 heteroatoms. The Morgan fingerprint density at radius 2 is 1.08 bits per heavy atom. The number of benzene rings is 7. The van der Waals surface area contributed by atoms with E-state index in [0.717, 1.165) is 36.3 Å². The van der Waals surface area contributed by atoms with Crippen LogP contribution in [0.3, 0.4) is 0 Å². The summed E-state index contributed by atoms with van der Waals surface area (Å²) < 4.78 is 0. The van der Waals surface area contributed by atoms with Gasteiger partial charge in [0.1, 0.15) is 0 Å². The molecule has 306 valence electrons. The fraction of sp³-hybridized carbons (Fsp3) is 0.298. The molecule has 0 bridgehead atoms. The molecule has 0 aliphatic rings. The van der Waals surface area contributed by atoms with E-state index >= 15 is 0 Å². The molecule has 0 saturated carbocycles. The fourth-order valence-corrected chi connectivity index (χ4v) is 7.76. The Hall–Kier alpha value is -6.16. The van der Waals surface area contributed by atoms with Crippen molar-refractivity contribution in [1.82, 2.24) is 0 Å². The Bertz CT molecular complexity index is 2610. The van der Waals surface area contributed by atoms with Crippen LogP contribution in [0.4, 0.5) is 11.4 Å². The van der Waals surface area contributed by atoms with Crippen molar-refractivity contribution >= 4 is 38.5 Å². The van der Waals surface area contributed by atoms with Gasteiger partial charge >= 0.3 is 0 Å². The quantitative estimate of drug-likeness (QED) is 0.139. The molecule has 0 radical (unpaired) electrons. The molecule has 7 aromatic rings. The van der Waals surface area contributed by atoms with Crippen LogP contribution < -0.4 is 10.1 Å². The first-order chi connectivity index (χ1) is 28.9. The maximum Gasteiger partial charge on any atom is 0.0991 e. The zero-order valence-corrected chi connectivity index (χ0v) is 37.7. The van der Waals surface area contributed by atoms with Crippen molar-refractivity contribution in [2.24, 2.45) is 5.92 Å². The molecule has 0 N–H and O–H groups in total. The number of nitrogens with zero attached hydrogens (tertiary/aromatic N) is 3. The maximum atomic E-state index is 9.41. The van der Waals surface area contributed by atoms with Crippen LogP contribution in [0.2, 0.25) is 0 Å². The normalized spacial score (nSPS) is 11.4. The third-order valence-corrected chi connectivity index (χ3v) is 11.7. The zero-order chi connectivity index (χ0) is 43.3. The maximum absolute atomic E-state index is 9.41. The highest BCUT2D eigenvalue weighted by Gasteiger charge is 2.19. The zero-order valence-electron chi connectivity index (χ0n) is 37.7. The molecular formula is C57H63N3. The van der Waals surface area contributed by atoms with E-state index in [4.69, 9.17) is 5.26 Å². The van der Waals surface area contributed by atoms with Crippen LogP contribution >= 0.6 is 0 Å². The van der Waals surface area contributed by atoms with Crippen molar-refractivity contribution < 1.29 is 0 Å². The first kappa shape index (κ1) is 44.9. The number of rotatable bonds is 10. The first-order valence-electron chi connectivity index (χ1n) is 21.8. The third kappa shape index (κ3) is 10.9. The topological polar surface area (TPSA) is 50.8 Å². The lowest BCUT2D eigenvalue weighted by atomic mass is 9.85. The fourth-order valence-electron chi connectivity index (χ4n) is 7.76. The van der Waals surface area contributed by atoms with Crippen LogP contribution in [0, 0.1) is 42.4 Å². The first-order valence-corrected chi connectivity index (χ1v) is 21.8. The Morgan fingerprint density at radius 1 is 0.583 bits per heavy atom. The van der Waals surface area contributed by atoms with Crippen molar-refractivity contribution in [2.45, 2.75) is 107 Å². The van der Waals surface area contributed by atoms with Gasteiger partial charge in [-0.1, -0.05) is 145 Å². The number of nitriles is 2. The smallest absolute Gasteiger partial charge is 0.0991 e. The second-order valence-electron chi connectivity index (χ2n) is 16.6. The third-order valence-electron chi connectivity index (χ3n) is 11.7. The second kappa shape index (κ2) is 21.2. The lowest BCUT2D eigenvalue weighted by Gasteiger charge is -2.27. The molecule has 0 saturated heterocycles. The van der Waals surface area contributed by atoms with Crippen LogP contribution in [0.15, 0.2) is 127 Å². The predicted octanol–water partition coefficient (Wildman–Crippen LogP) is 14.8. The van der Waals surface area contributed by atoms with Gasteiger partial charge in [0, 0.05) is 17.9 Å². The lowest BCUT2D eigenvalue weighted by molar-refractivity contribution is 0.842. The van der Waals surface area contributed by atoms with Crippen LogP contribution in [-0.2, 0) is 25.8 Å². The largest absolute Gasteiger partial charge is 0.337 e. The molecule has 0 aromatic heterocycles. The molecule has 0 heterocycles. The Morgan fingerprint density at radius 3 is 1.58 bits per heavy atom. The monoisotopic (exact) mass is 790 g/mol. The van der Waals surface area contributed by atoms with Crippen LogP contribution in [0.1, 0.15) is 118 Å². The summed E-state index contributed by atoms with van der Waals surface area (Å²) in [6.07, 6.45) is 4.61. The van der Waals surface area contributed by atoms with E-state index in [0.29, 0.717) is 17.4 Å². The molecule has 0 aliphatic heterocycles. The summed E-state index contributed by atoms with van der Waals surface area (Å²) in [5.41, 5.74) is 14.5. The standard InChI is InChI=1S/C38H40N2.C11H16.C8H7N/c1-8-28-9-14-31(15-10-28)40(32-16-11-29(22-39)12-17-32)23-30-13-18-35-36(25(4)5)21-26(6)33-19-20-34(27(7)24(2)3)37(30)38(33)35;1-3-5-11-8-6-10(4-2)7-9-11;1-7-2-4-8(6-9)5-3-7/h9-21,24-25H,8,23H2,1-7H3;6-9H,3-5H2,1-2H3;2-5H,1H3/b34-27+;;. The molecule has 0 amide bonds. The van der Waals surface area contributed by atoms with Crippen molar-refractivity contribution in [3.8, 4) is 12.1 Å². The SMILES string of the molecule is CCCc1ccc(CC)cc1.CCc1ccc(N(Cc2ccc3c(C(C)C)cc(C)c4cc/c(=C(/C)C(C)C)c2c43)c2ccc(C#N)cc2)cc1.Cc1ccc(C#N)cc1. The van der Waals surface area contributed by atoms with E-state index < -0.39 is 0 Å². The number of aryl methyl sites for hydroxylation is 5. The highest BCUT2D eigenvalue weighted by atomic mass is 15.1. The van der Waals surface area contributed by atoms with E-state index in [1.807, 2.05) is 43.3 Å². The van der Waals surface area contributed by atoms with Gasteiger partial charge in [-0.05, 0) is 161 Å². The van der Waals surface area contributed by atoms with Gasteiger partial charge in [-0.15, -0.1) is 0 Å². The minimum atomic E-state index is 0.447. The van der Waals surface area contributed by atoms with Gasteiger partial charge in [0.25, 0.3) is 0 Å². The average molecular weight is 790 g/mol. The Labute approximate surface area is 360 Å². The summed E-state index contributed by atoms with van der Waals surface area (Å²) in [5, 5.41) is 24.6. The lowest BCUT2D eigenvalue weighted by Crippen LogP contribution is -2.19. The molecule has 0 spiro atoms. The Balaban J connectivity index is 0.000000277. The molecule has 60 heavy (non-hydrogen) atoms. The Kier molecular flexibility index (Phi) is 15.9. The van der Waals surface area contributed by atoms with Crippen LogP contribution in [0.25, 0.3) is 27.1 Å². The summed E-state index contributed by atoms with van der Waals surface area (Å²) in [4.78, 5) is 2.39. The molecule has 0 fully saturated rings. The van der Waals surface area contributed by atoms with Crippen molar-refractivity contribution in [3.05, 3.63) is 183 Å². The van der Waals surface area contributed by atoms with Gasteiger partial charge in [0.05, 0.1) is 23.3 Å². The van der Waals surface area contributed by atoms with E-state index in [1.54, 1.807) is 0 Å². The van der Waals surface area contributed by atoms with Crippen molar-refractivity contribution in [3.63, 3.8) is 0 Å². The summed E-state index contributed by atoms with van der Waals surface area (Å²) >= 11 is 0. The summed E-state index contributed by atoms with van der Waals surface area (Å²) in [6.45, 7) is 23.1. The van der Waals surface area contributed by atoms with Gasteiger partial charge in [0.2, 0.25) is 0 Å². The molecule has 0 atom stereocenters. The van der Waals surface area contributed by atoms with Gasteiger partial charge in [-0.25, -0.2) is 0 Å². The molecule has 7 rings (SSSR count). The minimum absolute atomic E-state index is 0.447. The molecule has 7 aromatic carbocycles. The number of anilines is 2. The van der Waals surface area contributed by atoms with Gasteiger partial charge < -0.3 is 4.90 Å². The van der Waals surface area contributed by atoms with Gasteiger partial charge in [0.15, 0.2) is 0 Å². The molecule has 0 aliphatic carbocycles. The van der Waals surface area contributed by atoms with E-state index in [9.17, 15) is 5.26 Å². The van der Waals surface area contributed by atoms with Crippen LogP contribution in [-0.4, -0.2) is 0 Å². The predicted molar refractivity (Wildman–Crippen MR) is 258 cm³/mol. The molecular weight excluding hydrogens is 727 g/mol. The number of hydrogen-bond acceptors (Lipinski definition) is 3. The molecule has 3 nitrogen and oxygen atoms in total.